The molecular weight excluding hydrogens is 340 g/mol. The van der Waals surface area contributed by atoms with Crippen LogP contribution in [0.1, 0.15) is 5.56 Å². The number of aliphatic hydroxyl groups is 1. The minimum absolute atomic E-state index is 0.134. The first kappa shape index (κ1) is 17.1. The minimum atomic E-state index is 0.134. The molecule has 0 amide bonds. The number of rotatable bonds is 5. The zero-order chi connectivity index (χ0) is 18.8. The number of hydrogen-bond acceptors (Lipinski definition) is 5. The van der Waals surface area contributed by atoms with Crippen LogP contribution in [0.5, 0.6) is 5.75 Å². The monoisotopic (exact) mass is 360 g/mol. The third-order valence-electron chi connectivity index (χ3n) is 4.61. The Bertz CT molecular complexity index is 1090. The molecule has 2 aromatic carbocycles. The second kappa shape index (κ2) is 7.09. The number of ether oxygens (including phenoxy) is 1. The molecule has 0 aliphatic carbocycles. The van der Waals surface area contributed by atoms with E-state index in [0.717, 1.165) is 39.2 Å². The molecule has 6 nitrogen and oxygen atoms in total. The van der Waals surface area contributed by atoms with E-state index in [-0.39, 0.29) is 6.61 Å². The Balaban J connectivity index is 1.91. The molecule has 3 N–H and O–H groups in total. The van der Waals surface area contributed by atoms with Crippen molar-refractivity contribution < 1.29 is 9.84 Å². The van der Waals surface area contributed by atoms with Crippen molar-refractivity contribution in [3.8, 4) is 22.6 Å². The summed E-state index contributed by atoms with van der Waals surface area (Å²) in [4.78, 5) is 8.64. The van der Waals surface area contributed by atoms with Gasteiger partial charge in [-0.25, -0.2) is 9.97 Å². The van der Waals surface area contributed by atoms with Crippen molar-refractivity contribution in [2.24, 2.45) is 0 Å². The highest BCUT2D eigenvalue weighted by Gasteiger charge is 2.16. The fourth-order valence-electron chi connectivity index (χ4n) is 3.24. The molecule has 6 heteroatoms. The van der Waals surface area contributed by atoms with Crippen molar-refractivity contribution in [1.82, 2.24) is 14.5 Å². The summed E-state index contributed by atoms with van der Waals surface area (Å²) < 4.78 is 7.36. The van der Waals surface area contributed by atoms with Gasteiger partial charge in [-0.2, -0.15) is 0 Å². The van der Waals surface area contributed by atoms with Gasteiger partial charge in [0.15, 0.2) is 5.65 Å². The number of aromatic nitrogens is 3. The fourth-order valence-corrected chi connectivity index (χ4v) is 3.24. The standard InChI is InChI=1S/C21H20N4O2/c1-27-17-4-2-3-15(11-17)18-12-25(21-19(18)20(22)23-13-24-21)16-7-5-14(6-8-16)9-10-26/h2-8,11-13,26H,9-10H2,1H3,(H2,22,23,24). The molecule has 136 valence electrons. The topological polar surface area (TPSA) is 86.2 Å². The van der Waals surface area contributed by atoms with Gasteiger partial charge >= 0.3 is 0 Å². The Morgan fingerprint density at radius 2 is 1.93 bits per heavy atom. The maximum atomic E-state index is 9.10. The number of aliphatic hydroxyl groups excluding tert-OH is 1. The fraction of sp³-hybridized carbons (Fsp3) is 0.143. The zero-order valence-electron chi connectivity index (χ0n) is 15.0. The highest BCUT2D eigenvalue weighted by atomic mass is 16.5. The number of fused-ring (bicyclic) bond motifs is 1. The van der Waals surface area contributed by atoms with E-state index in [1.807, 2.05) is 59.3 Å². The number of nitrogen functional groups attached to an aromatic ring is 1. The van der Waals surface area contributed by atoms with Gasteiger partial charge in [0.1, 0.15) is 17.9 Å². The lowest BCUT2D eigenvalue weighted by atomic mass is 10.1. The zero-order valence-corrected chi connectivity index (χ0v) is 15.0. The quantitative estimate of drug-likeness (QED) is 0.571. The molecule has 0 saturated carbocycles. The van der Waals surface area contributed by atoms with Crippen molar-refractivity contribution in [2.45, 2.75) is 6.42 Å². The average Bonchev–Trinajstić information content (AvgIpc) is 3.10. The molecule has 4 rings (SSSR count). The summed E-state index contributed by atoms with van der Waals surface area (Å²) in [6, 6.07) is 15.9. The first-order valence-corrected chi connectivity index (χ1v) is 8.67. The third kappa shape index (κ3) is 3.11. The first-order valence-electron chi connectivity index (χ1n) is 8.67. The lowest BCUT2D eigenvalue weighted by molar-refractivity contribution is 0.299. The van der Waals surface area contributed by atoms with Gasteiger partial charge < -0.3 is 20.1 Å². The van der Waals surface area contributed by atoms with Crippen LogP contribution in [0.15, 0.2) is 61.1 Å². The van der Waals surface area contributed by atoms with Crippen LogP contribution in [-0.2, 0) is 6.42 Å². The van der Waals surface area contributed by atoms with Gasteiger partial charge in [0.25, 0.3) is 0 Å². The summed E-state index contributed by atoms with van der Waals surface area (Å²) >= 11 is 0. The third-order valence-corrected chi connectivity index (χ3v) is 4.61. The molecule has 0 atom stereocenters. The summed E-state index contributed by atoms with van der Waals surface area (Å²) in [6.07, 6.45) is 4.13. The van der Waals surface area contributed by atoms with Gasteiger partial charge in [0.2, 0.25) is 0 Å². The lowest BCUT2D eigenvalue weighted by Crippen LogP contribution is -1.97. The van der Waals surface area contributed by atoms with E-state index in [0.29, 0.717) is 12.2 Å². The molecule has 0 unspecified atom stereocenters. The molecule has 0 radical (unpaired) electrons. The van der Waals surface area contributed by atoms with Crippen LogP contribution in [0, 0.1) is 0 Å². The van der Waals surface area contributed by atoms with Gasteiger partial charge in [-0.3, -0.25) is 0 Å². The van der Waals surface area contributed by atoms with Crippen molar-refractivity contribution in [3.63, 3.8) is 0 Å². The smallest absolute Gasteiger partial charge is 0.150 e. The number of hydrogen-bond donors (Lipinski definition) is 2. The van der Waals surface area contributed by atoms with Gasteiger partial charge in [-0.1, -0.05) is 24.3 Å². The molecule has 4 aromatic rings. The Kier molecular flexibility index (Phi) is 4.48. The first-order chi connectivity index (χ1) is 13.2. The maximum Gasteiger partial charge on any atom is 0.150 e. The Labute approximate surface area is 156 Å². The molecule has 2 heterocycles. The van der Waals surface area contributed by atoms with Gasteiger partial charge in [0, 0.05) is 24.1 Å². The molecular formula is C21H20N4O2. The van der Waals surface area contributed by atoms with Crippen LogP contribution >= 0.6 is 0 Å². The largest absolute Gasteiger partial charge is 0.497 e. The summed E-state index contributed by atoms with van der Waals surface area (Å²) in [5, 5.41) is 9.91. The van der Waals surface area contributed by atoms with Crippen molar-refractivity contribution >= 4 is 16.9 Å². The van der Waals surface area contributed by atoms with E-state index in [1.54, 1.807) is 7.11 Å². The Morgan fingerprint density at radius 1 is 1.11 bits per heavy atom. The SMILES string of the molecule is COc1cccc(-c2cn(-c3ccc(CCO)cc3)c3ncnc(N)c23)c1. The Morgan fingerprint density at radius 3 is 2.67 bits per heavy atom. The van der Waals surface area contributed by atoms with Crippen LogP contribution in [0.4, 0.5) is 5.82 Å². The van der Waals surface area contributed by atoms with E-state index in [9.17, 15) is 0 Å². The van der Waals surface area contributed by atoms with Crippen LogP contribution in [0.3, 0.4) is 0 Å². The van der Waals surface area contributed by atoms with Gasteiger partial charge in [-0.05, 0) is 41.8 Å². The van der Waals surface area contributed by atoms with Crippen LogP contribution in [0.2, 0.25) is 0 Å². The van der Waals surface area contributed by atoms with Crippen LogP contribution in [-0.4, -0.2) is 33.4 Å². The second-order valence-corrected chi connectivity index (χ2v) is 6.24. The van der Waals surface area contributed by atoms with E-state index in [2.05, 4.69) is 9.97 Å². The van der Waals surface area contributed by atoms with E-state index in [1.165, 1.54) is 6.33 Å². The number of benzene rings is 2. The molecule has 0 aliphatic heterocycles. The normalized spacial score (nSPS) is 11.0. The summed E-state index contributed by atoms with van der Waals surface area (Å²) in [7, 11) is 1.65. The molecule has 0 saturated heterocycles. The van der Waals surface area contributed by atoms with Crippen molar-refractivity contribution in [1.29, 1.82) is 0 Å². The molecule has 0 spiro atoms. The average molecular weight is 360 g/mol. The second-order valence-electron chi connectivity index (χ2n) is 6.24. The molecule has 2 aromatic heterocycles. The summed E-state index contributed by atoms with van der Waals surface area (Å²) in [6.45, 7) is 0.134. The number of nitrogens with two attached hydrogens (primary N) is 1. The highest BCUT2D eigenvalue weighted by Crippen LogP contribution is 2.35. The molecule has 0 fully saturated rings. The number of nitrogens with zero attached hydrogens (tertiary/aromatic N) is 3. The van der Waals surface area contributed by atoms with E-state index >= 15 is 0 Å². The Hall–Kier alpha value is -3.38. The number of methoxy groups -OCH3 is 1. The minimum Gasteiger partial charge on any atom is -0.497 e. The predicted molar refractivity (Wildman–Crippen MR) is 106 cm³/mol. The van der Waals surface area contributed by atoms with Gasteiger partial charge in [0.05, 0.1) is 12.5 Å². The summed E-state index contributed by atoms with van der Waals surface area (Å²) in [5.41, 5.74) is 10.9. The molecule has 27 heavy (non-hydrogen) atoms. The van der Waals surface area contributed by atoms with E-state index in [4.69, 9.17) is 15.6 Å². The van der Waals surface area contributed by atoms with Crippen molar-refractivity contribution in [2.75, 3.05) is 19.5 Å². The molecule has 0 bridgehead atoms. The van der Waals surface area contributed by atoms with Crippen LogP contribution in [0.25, 0.3) is 27.8 Å². The van der Waals surface area contributed by atoms with Crippen molar-refractivity contribution in [3.05, 3.63) is 66.6 Å². The highest BCUT2D eigenvalue weighted by molar-refractivity contribution is 6.01. The predicted octanol–water partition coefficient (Wildman–Crippen LogP) is 3.21. The molecule has 0 aliphatic rings. The summed E-state index contributed by atoms with van der Waals surface area (Å²) in [5.74, 6) is 1.21. The lowest BCUT2D eigenvalue weighted by Gasteiger charge is -2.06. The van der Waals surface area contributed by atoms with Gasteiger partial charge in [-0.15, -0.1) is 0 Å². The maximum absolute atomic E-state index is 9.10. The van der Waals surface area contributed by atoms with Crippen LogP contribution < -0.4 is 10.5 Å². The number of anilines is 1. The van der Waals surface area contributed by atoms with E-state index < -0.39 is 0 Å².